The minimum absolute atomic E-state index is 0.00544. The number of rotatable bonds is 1. The summed E-state index contributed by atoms with van der Waals surface area (Å²) in [4.78, 5) is 13.5. The largest absolute Gasteiger partial charge is 0.417 e. The summed E-state index contributed by atoms with van der Waals surface area (Å²) in [6.07, 6.45) is -4.48. The Morgan fingerprint density at radius 3 is 2.41 bits per heavy atom. The molecule has 0 aromatic rings. The predicted octanol–water partition coefficient (Wildman–Crippen LogP) is 1.26. The molecule has 0 saturated carbocycles. The van der Waals surface area contributed by atoms with Gasteiger partial charge in [0.15, 0.2) is 15.4 Å². The summed E-state index contributed by atoms with van der Waals surface area (Å²) in [5, 5.41) is 8.58. The third kappa shape index (κ3) is 3.40. The number of nitrogens with zero attached hydrogens (tertiary/aromatic N) is 1. The van der Waals surface area contributed by atoms with Crippen molar-refractivity contribution in [3.8, 4) is 0 Å². The highest BCUT2D eigenvalue weighted by Crippen LogP contribution is 2.38. The first-order chi connectivity index (χ1) is 10.1. The Morgan fingerprint density at radius 1 is 1.14 bits per heavy atom. The lowest BCUT2D eigenvalue weighted by Crippen LogP contribution is -2.48. The van der Waals surface area contributed by atoms with Crippen molar-refractivity contribution in [3.05, 3.63) is 0 Å². The molecular formula is C13H20F3NO4S. The van der Waals surface area contributed by atoms with Crippen LogP contribution in [-0.4, -0.2) is 60.2 Å². The third-order valence-electron chi connectivity index (χ3n) is 4.51. The summed E-state index contributed by atoms with van der Waals surface area (Å²) < 4.78 is 62.5. The SMILES string of the molecule is O=C(C1CCCCS1(=O)=O)N1CCCC(O)(C(F)(F)F)CC1. The summed E-state index contributed by atoms with van der Waals surface area (Å²) in [6.45, 7) is -0.232. The number of amides is 1. The van der Waals surface area contributed by atoms with Crippen LogP contribution in [0, 0.1) is 0 Å². The molecule has 128 valence electrons. The van der Waals surface area contributed by atoms with Crippen molar-refractivity contribution in [2.75, 3.05) is 18.8 Å². The van der Waals surface area contributed by atoms with E-state index in [0.29, 0.717) is 12.8 Å². The van der Waals surface area contributed by atoms with Gasteiger partial charge in [-0.15, -0.1) is 0 Å². The van der Waals surface area contributed by atoms with Crippen molar-refractivity contribution in [1.29, 1.82) is 0 Å². The van der Waals surface area contributed by atoms with Crippen LogP contribution in [0.3, 0.4) is 0 Å². The van der Waals surface area contributed by atoms with Gasteiger partial charge in [0.2, 0.25) is 5.91 Å². The number of likely N-dealkylation sites (tertiary alicyclic amines) is 1. The first-order valence-electron chi connectivity index (χ1n) is 7.36. The van der Waals surface area contributed by atoms with E-state index in [1.54, 1.807) is 0 Å². The fraction of sp³-hybridized carbons (Fsp3) is 0.923. The molecule has 9 heteroatoms. The molecule has 1 amide bonds. The normalized spacial score (nSPS) is 33.3. The maximum absolute atomic E-state index is 12.9. The first kappa shape index (κ1) is 17.5. The summed E-state index contributed by atoms with van der Waals surface area (Å²) >= 11 is 0. The molecule has 0 aromatic carbocycles. The average molecular weight is 343 g/mol. The molecule has 0 radical (unpaired) electrons. The van der Waals surface area contributed by atoms with Crippen molar-refractivity contribution >= 4 is 15.7 Å². The molecule has 2 saturated heterocycles. The topological polar surface area (TPSA) is 74.7 Å². The Hall–Kier alpha value is -0.830. The number of halogens is 3. The number of hydrogen-bond acceptors (Lipinski definition) is 4. The van der Waals surface area contributed by atoms with Crippen LogP contribution in [0.15, 0.2) is 0 Å². The quantitative estimate of drug-likeness (QED) is 0.778. The van der Waals surface area contributed by atoms with Gasteiger partial charge in [-0.25, -0.2) is 8.42 Å². The Kier molecular flexibility index (Phi) is 4.77. The van der Waals surface area contributed by atoms with Crippen molar-refractivity contribution in [2.24, 2.45) is 0 Å². The summed E-state index contributed by atoms with van der Waals surface area (Å²) in [5.74, 6) is -0.671. The molecular weight excluding hydrogens is 323 g/mol. The zero-order valence-electron chi connectivity index (χ0n) is 12.1. The van der Waals surface area contributed by atoms with Crippen LogP contribution < -0.4 is 0 Å². The molecule has 0 aromatic heterocycles. The molecule has 2 rings (SSSR count). The molecule has 2 unspecified atom stereocenters. The molecule has 22 heavy (non-hydrogen) atoms. The molecule has 0 aliphatic carbocycles. The van der Waals surface area contributed by atoms with Gasteiger partial charge in [-0.3, -0.25) is 4.79 Å². The van der Waals surface area contributed by atoms with E-state index in [1.165, 1.54) is 0 Å². The predicted molar refractivity (Wildman–Crippen MR) is 72.9 cm³/mol. The summed E-state index contributed by atoms with van der Waals surface area (Å²) in [5.41, 5.74) is -2.80. The number of carbonyl (C=O) groups excluding carboxylic acids is 1. The highest BCUT2D eigenvalue weighted by atomic mass is 32.2. The fourth-order valence-corrected chi connectivity index (χ4v) is 4.93. The summed E-state index contributed by atoms with van der Waals surface area (Å²) in [6, 6.07) is 0. The monoisotopic (exact) mass is 343 g/mol. The van der Waals surface area contributed by atoms with Crippen LogP contribution in [0.4, 0.5) is 13.2 Å². The number of hydrogen-bond donors (Lipinski definition) is 1. The highest BCUT2D eigenvalue weighted by molar-refractivity contribution is 7.92. The van der Waals surface area contributed by atoms with Crippen LogP contribution in [0.1, 0.15) is 38.5 Å². The van der Waals surface area contributed by atoms with Crippen LogP contribution in [0.5, 0.6) is 0 Å². The first-order valence-corrected chi connectivity index (χ1v) is 9.08. The van der Waals surface area contributed by atoms with E-state index in [-0.39, 0.29) is 31.7 Å². The van der Waals surface area contributed by atoms with Crippen molar-refractivity contribution in [1.82, 2.24) is 4.90 Å². The van der Waals surface area contributed by atoms with Gasteiger partial charge in [-0.2, -0.15) is 13.2 Å². The smallest absolute Gasteiger partial charge is 0.380 e. The average Bonchev–Trinajstić information content (AvgIpc) is 2.60. The Balaban J connectivity index is 2.09. The lowest BCUT2D eigenvalue weighted by molar-refractivity contribution is -0.263. The zero-order chi connectivity index (χ0) is 16.6. The molecule has 2 fully saturated rings. The van der Waals surface area contributed by atoms with Gasteiger partial charge in [0.1, 0.15) is 5.25 Å². The number of aliphatic hydroxyl groups is 1. The van der Waals surface area contributed by atoms with E-state index >= 15 is 0 Å². The molecule has 0 spiro atoms. The van der Waals surface area contributed by atoms with E-state index in [2.05, 4.69) is 0 Å². The van der Waals surface area contributed by atoms with Crippen LogP contribution in [-0.2, 0) is 14.6 Å². The standard InChI is InChI=1S/C13H20F3NO4S/c14-13(15,16)12(19)5-3-7-17(8-6-12)11(18)10-4-1-2-9-22(10,20)21/h10,19H,1-9H2. The molecule has 2 aliphatic rings. The van der Waals surface area contributed by atoms with E-state index in [4.69, 9.17) is 0 Å². The van der Waals surface area contributed by atoms with E-state index in [9.17, 15) is 31.5 Å². The van der Waals surface area contributed by atoms with Gasteiger partial charge in [0, 0.05) is 19.5 Å². The Bertz CT molecular complexity index is 534. The zero-order valence-corrected chi connectivity index (χ0v) is 12.9. The van der Waals surface area contributed by atoms with Crippen LogP contribution >= 0.6 is 0 Å². The molecule has 1 N–H and O–H groups in total. The third-order valence-corrected chi connectivity index (χ3v) is 6.67. The lowest BCUT2D eigenvalue weighted by Gasteiger charge is -2.30. The number of alkyl halides is 3. The maximum atomic E-state index is 12.9. The number of sulfone groups is 1. The van der Waals surface area contributed by atoms with Gasteiger partial charge in [0.05, 0.1) is 5.75 Å². The van der Waals surface area contributed by atoms with Gasteiger partial charge in [-0.05, 0) is 25.7 Å². The molecule has 2 heterocycles. The van der Waals surface area contributed by atoms with Gasteiger partial charge in [-0.1, -0.05) is 6.42 Å². The molecule has 2 aliphatic heterocycles. The second kappa shape index (κ2) is 5.99. The molecule has 2 atom stereocenters. The second-order valence-electron chi connectivity index (χ2n) is 6.06. The maximum Gasteiger partial charge on any atom is 0.417 e. The highest BCUT2D eigenvalue weighted by Gasteiger charge is 2.54. The lowest BCUT2D eigenvalue weighted by atomic mass is 9.94. The van der Waals surface area contributed by atoms with E-state index < -0.39 is 45.6 Å². The van der Waals surface area contributed by atoms with E-state index in [0.717, 1.165) is 4.90 Å². The number of carbonyl (C=O) groups is 1. The Morgan fingerprint density at radius 2 is 1.82 bits per heavy atom. The minimum Gasteiger partial charge on any atom is -0.380 e. The second-order valence-corrected chi connectivity index (χ2v) is 8.36. The van der Waals surface area contributed by atoms with E-state index in [1.807, 2.05) is 0 Å². The summed E-state index contributed by atoms with van der Waals surface area (Å²) in [7, 11) is -3.52. The minimum atomic E-state index is -4.75. The van der Waals surface area contributed by atoms with Crippen molar-refractivity contribution in [2.45, 2.75) is 55.6 Å². The fourth-order valence-electron chi connectivity index (χ4n) is 3.06. The Labute approximate surface area is 127 Å². The van der Waals surface area contributed by atoms with Gasteiger partial charge >= 0.3 is 6.18 Å². The van der Waals surface area contributed by atoms with Gasteiger partial charge < -0.3 is 10.0 Å². The van der Waals surface area contributed by atoms with Crippen LogP contribution in [0.25, 0.3) is 0 Å². The van der Waals surface area contributed by atoms with Crippen molar-refractivity contribution < 1.29 is 31.5 Å². The molecule has 0 bridgehead atoms. The van der Waals surface area contributed by atoms with Crippen molar-refractivity contribution in [3.63, 3.8) is 0 Å². The van der Waals surface area contributed by atoms with Crippen LogP contribution in [0.2, 0.25) is 0 Å². The molecule has 5 nitrogen and oxygen atoms in total. The van der Waals surface area contributed by atoms with Gasteiger partial charge in [0.25, 0.3) is 0 Å².